The number of nitrogens with zero attached hydrogens (tertiary/aromatic N) is 1. The Hall–Kier alpha value is -1.97. The molecule has 0 bridgehead atoms. The zero-order valence-electron chi connectivity index (χ0n) is 10.8. The number of nitrogens with one attached hydrogen (secondary N) is 1. The molecule has 2 saturated heterocycles. The van der Waals surface area contributed by atoms with Gasteiger partial charge in [-0.1, -0.05) is 0 Å². The molecule has 0 aromatic carbocycles. The Labute approximate surface area is 117 Å². The largest absolute Gasteiger partial charge is 0.481 e. The first kappa shape index (κ1) is 14.0. The molecular weight excluding hydrogens is 284 g/mol. The molecule has 5 atom stereocenters. The topological polar surface area (TPSA) is 131 Å². The monoisotopic (exact) mass is 298 g/mol. The first-order valence-corrected chi connectivity index (χ1v) is 6.46. The van der Waals surface area contributed by atoms with E-state index in [0.29, 0.717) is 0 Å². The first-order valence-electron chi connectivity index (χ1n) is 6.46. The van der Waals surface area contributed by atoms with E-state index in [1.807, 2.05) is 0 Å². The van der Waals surface area contributed by atoms with E-state index in [1.54, 1.807) is 0 Å². The second-order valence-electron chi connectivity index (χ2n) is 5.14. The summed E-state index contributed by atoms with van der Waals surface area (Å²) in [5.74, 6) is -1.69. The Morgan fingerprint density at radius 1 is 1.43 bits per heavy atom. The number of aliphatic hydroxyl groups excluding tert-OH is 1. The zero-order chi connectivity index (χ0) is 15.1. The van der Waals surface area contributed by atoms with Gasteiger partial charge >= 0.3 is 11.7 Å². The first-order chi connectivity index (χ1) is 9.97. The van der Waals surface area contributed by atoms with Crippen molar-refractivity contribution in [1.82, 2.24) is 9.55 Å². The molecule has 114 valence electrons. The Morgan fingerprint density at radius 2 is 2.19 bits per heavy atom. The average Bonchev–Trinajstić information content (AvgIpc) is 2.91. The summed E-state index contributed by atoms with van der Waals surface area (Å²) in [5, 5.41) is 18.8. The third-order valence-corrected chi connectivity index (χ3v) is 3.78. The number of fused-ring (bicyclic) bond motifs is 1. The van der Waals surface area contributed by atoms with Crippen LogP contribution in [0.2, 0.25) is 0 Å². The van der Waals surface area contributed by atoms with Crippen LogP contribution in [0.3, 0.4) is 0 Å². The van der Waals surface area contributed by atoms with Gasteiger partial charge in [0.05, 0.1) is 19.1 Å². The molecule has 0 aliphatic carbocycles. The lowest BCUT2D eigenvalue weighted by molar-refractivity contribution is -0.140. The van der Waals surface area contributed by atoms with Crippen LogP contribution in [0, 0.1) is 5.92 Å². The zero-order valence-corrected chi connectivity index (χ0v) is 10.8. The number of aromatic nitrogens is 2. The lowest BCUT2D eigenvalue weighted by Crippen LogP contribution is -2.35. The number of ether oxygens (including phenoxy) is 2. The standard InChI is InChI=1S/C12H14N2O7/c15-6-4-20-9-5(3-8(17)18)11(21-10(6)9)14-2-1-7(16)13-12(14)19/h1-2,5-6,9-11,15H,3-4H2,(H,17,18)(H,13,16,19)/t5?,6-,9-,10+,11+/m0/s1. The number of aromatic amines is 1. The summed E-state index contributed by atoms with van der Waals surface area (Å²) in [6, 6.07) is 1.15. The van der Waals surface area contributed by atoms with Gasteiger partial charge in [0, 0.05) is 18.2 Å². The quantitative estimate of drug-likeness (QED) is 0.605. The van der Waals surface area contributed by atoms with E-state index in [0.717, 1.165) is 10.6 Å². The van der Waals surface area contributed by atoms with Gasteiger partial charge in [0.1, 0.15) is 18.4 Å². The second kappa shape index (κ2) is 5.10. The molecule has 2 aliphatic heterocycles. The van der Waals surface area contributed by atoms with Crippen molar-refractivity contribution in [1.29, 1.82) is 0 Å². The van der Waals surface area contributed by atoms with Crippen LogP contribution in [0.1, 0.15) is 12.6 Å². The van der Waals surface area contributed by atoms with Crippen molar-refractivity contribution in [2.75, 3.05) is 6.61 Å². The van der Waals surface area contributed by atoms with E-state index >= 15 is 0 Å². The van der Waals surface area contributed by atoms with Crippen molar-refractivity contribution >= 4 is 5.97 Å². The number of carboxylic acid groups (broad SMARTS) is 1. The lowest BCUT2D eigenvalue weighted by Gasteiger charge is -2.22. The number of carboxylic acids is 1. The molecule has 0 radical (unpaired) electrons. The fourth-order valence-corrected chi connectivity index (χ4v) is 2.90. The summed E-state index contributed by atoms with van der Waals surface area (Å²) in [5.41, 5.74) is -1.25. The van der Waals surface area contributed by atoms with Crippen molar-refractivity contribution in [2.45, 2.75) is 31.0 Å². The smallest absolute Gasteiger partial charge is 0.330 e. The van der Waals surface area contributed by atoms with Crippen molar-refractivity contribution in [2.24, 2.45) is 5.92 Å². The molecule has 2 aliphatic rings. The van der Waals surface area contributed by atoms with Gasteiger partial charge in [-0.2, -0.15) is 0 Å². The van der Waals surface area contributed by atoms with E-state index in [1.165, 1.54) is 6.20 Å². The third-order valence-electron chi connectivity index (χ3n) is 3.78. The van der Waals surface area contributed by atoms with Crippen molar-refractivity contribution in [3.8, 4) is 0 Å². The Balaban J connectivity index is 1.97. The van der Waals surface area contributed by atoms with Crippen molar-refractivity contribution in [3.63, 3.8) is 0 Å². The van der Waals surface area contributed by atoms with Crippen LogP contribution in [-0.2, 0) is 14.3 Å². The predicted octanol–water partition coefficient (Wildman–Crippen LogP) is -1.72. The molecule has 9 nitrogen and oxygen atoms in total. The molecule has 21 heavy (non-hydrogen) atoms. The van der Waals surface area contributed by atoms with E-state index in [2.05, 4.69) is 4.98 Å². The van der Waals surface area contributed by atoms with Crippen molar-refractivity contribution in [3.05, 3.63) is 33.1 Å². The maximum Gasteiger partial charge on any atom is 0.330 e. The van der Waals surface area contributed by atoms with Crippen LogP contribution in [0.4, 0.5) is 0 Å². The number of H-pyrrole nitrogens is 1. The fraction of sp³-hybridized carbons (Fsp3) is 0.583. The summed E-state index contributed by atoms with van der Waals surface area (Å²) < 4.78 is 12.1. The van der Waals surface area contributed by atoms with Gasteiger partial charge in [0.15, 0.2) is 0 Å². The van der Waals surface area contributed by atoms with Gasteiger partial charge in [-0.05, 0) is 0 Å². The second-order valence-corrected chi connectivity index (χ2v) is 5.14. The number of hydrogen-bond donors (Lipinski definition) is 3. The SMILES string of the molecule is O=C(O)CC1[C@H](n2ccc(=O)[nH]c2=O)O[C@@H]2[C@@H](O)CO[C@@H]12. The fourth-order valence-electron chi connectivity index (χ4n) is 2.90. The average molecular weight is 298 g/mol. The normalized spacial score (nSPS) is 34.8. The van der Waals surface area contributed by atoms with Gasteiger partial charge in [-0.25, -0.2) is 4.79 Å². The highest BCUT2D eigenvalue weighted by Crippen LogP contribution is 2.42. The van der Waals surface area contributed by atoms with Gasteiger partial charge in [0.25, 0.3) is 5.56 Å². The number of hydrogen-bond acceptors (Lipinski definition) is 6. The molecule has 3 N–H and O–H groups in total. The Bertz CT molecular complexity index is 666. The van der Waals surface area contributed by atoms with Crippen molar-refractivity contribution < 1.29 is 24.5 Å². The maximum atomic E-state index is 11.8. The van der Waals surface area contributed by atoms with Gasteiger partial charge in [-0.15, -0.1) is 0 Å². The third kappa shape index (κ3) is 2.39. The molecule has 1 unspecified atom stereocenters. The molecule has 1 aromatic heterocycles. The van der Waals surface area contributed by atoms with E-state index in [-0.39, 0.29) is 13.0 Å². The Kier molecular flexibility index (Phi) is 3.40. The molecule has 0 saturated carbocycles. The molecule has 3 heterocycles. The molecule has 0 amide bonds. The van der Waals surface area contributed by atoms with E-state index in [4.69, 9.17) is 14.6 Å². The minimum Gasteiger partial charge on any atom is -0.481 e. The lowest BCUT2D eigenvalue weighted by atomic mass is 9.95. The predicted molar refractivity (Wildman–Crippen MR) is 66.7 cm³/mol. The van der Waals surface area contributed by atoms with E-state index in [9.17, 15) is 19.5 Å². The summed E-state index contributed by atoms with van der Waals surface area (Å²) in [4.78, 5) is 36.0. The summed E-state index contributed by atoms with van der Waals surface area (Å²) in [6.07, 6.45) is -2.08. The molecule has 2 fully saturated rings. The minimum absolute atomic E-state index is 0.0681. The summed E-state index contributed by atoms with van der Waals surface area (Å²) in [7, 11) is 0. The van der Waals surface area contributed by atoms with Gasteiger partial charge < -0.3 is 19.7 Å². The van der Waals surface area contributed by atoms with Crippen LogP contribution in [-0.4, -0.2) is 50.7 Å². The highest BCUT2D eigenvalue weighted by atomic mass is 16.6. The van der Waals surface area contributed by atoms with Crippen LogP contribution >= 0.6 is 0 Å². The van der Waals surface area contributed by atoms with Crippen LogP contribution in [0.5, 0.6) is 0 Å². The Morgan fingerprint density at radius 3 is 2.86 bits per heavy atom. The van der Waals surface area contributed by atoms with Crippen LogP contribution in [0.15, 0.2) is 21.9 Å². The molecule has 1 aromatic rings. The molecular formula is C12H14N2O7. The molecule has 0 spiro atoms. The summed E-state index contributed by atoms with van der Waals surface area (Å²) >= 11 is 0. The number of aliphatic hydroxyl groups is 1. The highest BCUT2D eigenvalue weighted by molar-refractivity contribution is 5.67. The molecule has 9 heteroatoms. The number of rotatable bonds is 3. The number of carbonyl (C=O) groups is 1. The van der Waals surface area contributed by atoms with E-state index < -0.39 is 47.7 Å². The number of aliphatic carboxylic acids is 1. The van der Waals surface area contributed by atoms with Crippen LogP contribution in [0.25, 0.3) is 0 Å². The minimum atomic E-state index is -1.06. The summed E-state index contributed by atoms with van der Waals surface area (Å²) in [6.45, 7) is 0.0681. The highest BCUT2D eigenvalue weighted by Gasteiger charge is 2.53. The maximum absolute atomic E-state index is 11.8. The van der Waals surface area contributed by atoms with Crippen LogP contribution < -0.4 is 11.2 Å². The molecule has 3 rings (SSSR count). The van der Waals surface area contributed by atoms with Gasteiger partial charge in [0.2, 0.25) is 0 Å². The van der Waals surface area contributed by atoms with Gasteiger partial charge in [-0.3, -0.25) is 19.1 Å².